The number of aromatic nitrogens is 2. The minimum absolute atomic E-state index is 0.203. The smallest absolute Gasteiger partial charge is 0.178 e. The summed E-state index contributed by atoms with van der Waals surface area (Å²) in [5, 5.41) is 4.10. The van der Waals surface area contributed by atoms with Crippen molar-refractivity contribution in [3.05, 3.63) is 41.7 Å². The van der Waals surface area contributed by atoms with E-state index in [1.54, 1.807) is 4.68 Å². The first-order valence-corrected chi connectivity index (χ1v) is 7.36. The van der Waals surface area contributed by atoms with E-state index in [2.05, 4.69) is 5.10 Å². The predicted octanol–water partition coefficient (Wildman–Crippen LogP) is 1.04. The van der Waals surface area contributed by atoms with Gasteiger partial charge in [0.05, 0.1) is 11.9 Å². The second kappa shape index (κ2) is 4.55. The van der Waals surface area contributed by atoms with E-state index < -0.39 is 9.84 Å². The number of hydrogen-bond donors (Lipinski definition) is 1. The summed E-state index contributed by atoms with van der Waals surface area (Å²) in [7, 11) is -3.24. The molecule has 0 radical (unpaired) electrons. The number of hydrogen-bond acceptors (Lipinski definition) is 4. The highest BCUT2D eigenvalue weighted by molar-refractivity contribution is 7.90. The summed E-state index contributed by atoms with van der Waals surface area (Å²) in [5.41, 5.74) is 8.46. The molecule has 2 aromatic rings. The molecule has 1 aromatic carbocycles. The van der Waals surface area contributed by atoms with Gasteiger partial charge in [0.15, 0.2) is 9.84 Å². The molecule has 0 saturated carbocycles. The van der Waals surface area contributed by atoms with Gasteiger partial charge in [0.2, 0.25) is 0 Å². The highest BCUT2D eigenvalue weighted by Gasteiger charge is 2.13. The minimum atomic E-state index is -3.24. The van der Waals surface area contributed by atoms with Crippen LogP contribution < -0.4 is 5.73 Å². The first-order chi connectivity index (χ1) is 8.43. The number of sulfone groups is 1. The third kappa shape index (κ3) is 2.30. The zero-order valence-electron chi connectivity index (χ0n) is 10.3. The molecule has 2 rings (SSSR count). The third-order valence-corrected chi connectivity index (χ3v) is 3.82. The highest BCUT2D eigenvalue weighted by Crippen LogP contribution is 2.20. The van der Waals surface area contributed by atoms with Crippen molar-refractivity contribution in [1.82, 2.24) is 9.78 Å². The monoisotopic (exact) mass is 265 g/mol. The first kappa shape index (κ1) is 12.8. The molecule has 2 N–H and O–H groups in total. The fraction of sp³-hybridized carbons (Fsp3) is 0.250. The Balaban J connectivity index is 2.60. The lowest BCUT2D eigenvalue weighted by atomic mass is 10.1. The molecule has 96 valence electrons. The average molecular weight is 265 g/mol. The summed E-state index contributed by atoms with van der Waals surface area (Å²) in [4.78, 5) is 0.203. The van der Waals surface area contributed by atoms with Gasteiger partial charge < -0.3 is 5.73 Å². The number of para-hydroxylation sites is 1. The van der Waals surface area contributed by atoms with Crippen molar-refractivity contribution in [2.75, 3.05) is 6.26 Å². The Labute approximate surface area is 106 Å². The second-order valence-corrected chi connectivity index (χ2v) is 6.20. The van der Waals surface area contributed by atoms with Gasteiger partial charge >= 0.3 is 0 Å². The summed E-state index contributed by atoms with van der Waals surface area (Å²) in [6, 6.07) is 5.77. The summed E-state index contributed by atoms with van der Waals surface area (Å²) in [6.45, 7) is 2.32. The molecule has 0 spiro atoms. The lowest BCUT2D eigenvalue weighted by Crippen LogP contribution is -2.06. The molecule has 6 heteroatoms. The Morgan fingerprint density at radius 3 is 2.67 bits per heavy atom. The Kier molecular flexibility index (Phi) is 3.23. The first-order valence-electron chi connectivity index (χ1n) is 5.47. The van der Waals surface area contributed by atoms with Crippen molar-refractivity contribution >= 4 is 9.84 Å². The molecule has 0 aliphatic heterocycles. The number of nitrogens with zero attached hydrogens (tertiary/aromatic N) is 2. The molecular formula is C12H15N3O2S. The summed E-state index contributed by atoms with van der Waals surface area (Å²) < 4.78 is 24.4. The topological polar surface area (TPSA) is 78.0 Å². The zero-order chi connectivity index (χ0) is 13.3. The van der Waals surface area contributed by atoms with E-state index in [1.165, 1.54) is 12.4 Å². The van der Waals surface area contributed by atoms with Crippen LogP contribution in [0.4, 0.5) is 0 Å². The molecule has 0 unspecified atom stereocenters. The van der Waals surface area contributed by atoms with Gasteiger partial charge in [-0.25, -0.2) is 13.1 Å². The maximum atomic E-state index is 11.4. The zero-order valence-corrected chi connectivity index (χ0v) is 11.1. The molecule has 0 fully saturated rings. The number of nitrogens with two attached hydrogens (primary N) is 1. The van der Waals surface area contributed by atoms with Gasteiger partial charge in [-0.1, -0.05) is 18.2 Å². The predicted molar refractivity (Wildman–Crippen MR) is 69.3 cm³/mol. The Hall–Kier alpha value is -1.66. The van der Waals surface area contributed by atoms with Crippen LogP contribution in [0.1, 0.15) is 11.1 Å². The lowest BCUT2D eigenvalue weighted by molar-refractivity contribution is 0.602. The molecule has 5 nitrogen and oxygen atoms in total. The molecule has 1 aromatic heterocycles. The highest BCUT2D eigenvalue weighted by atomic mass is 32.2. The van der Waals surface area contributed by atoms with Crippen LogP contribution in [0.15, 0.2) is 35.5 Å². The van der Waals surface area contributed by atoms with E-state index in [0.29, 0.717) is 6.54 Å². The minimum Gasteiger partial charge on any atom is -0.326 e. The van der Waals surface area contributed by atoms with Crippen LogP contribution in [-0.4, -0.2) is 24.5 Å². The van der Waals surface area contributed by atoms with Gasteiger partial charge in [-0.15, -0.1) is 0 Å². The van der Waals surface area contributed by atoms with Gasteiger partial charge in [0, 0.05) is 19.0 Å². The van der Waals surface area contributed by atoms with Crippen molar-refractivity contribution < 1.29 is 8.42 Å². The van der Waals surface area contributed by atoms with Crippen LogP contribution in [0, 0.1) is 6.92 Å². The molecule has 0 amide bonds. The van der Waals surface area contributed by atoms with E-state index in [-0.39, 0.29) is 4.90 Å². The number of rotatable bonds is 3. The maximum absolute atomic E-state index is 11.4. The normalized spacial score (nSPS) is 11.7. The number of benzene rings is 1. The maximum Gasteiger partial charge on any atom is 0.178 e. The molecule has 0 aliphatic rings. The van der Waals surface area contributed by atoms with Crippen molar-refractivity contribution in [3.63, 3.8) is 0 Å². The van der Waals surface area contributed by atoms with Gasteiger partial charge in [-0.2, -0.15) is 5.10 Å². The third-order valence-electron chi connectivity index (χ3n) is 2.76. The van der Waals surface area contributed by atoms with Gasteiger partial charge in [-0.3, -0.25) is 0 Å². The van der Waals surface area contributed by atoms with Crippen LogP contribution in [-0.2, 0) is 16.4 Å². The van der Waals surface area contributed by atoms with Crippen LogP contribution in [0.5, 0.6) is 0 Å². The Morgan fingerprint density at radius 1 is 1.39 bits per heavy atom. The van der Waals surface area contributed by atoms with E-state index in [0.717, 1.165) is 23.1 Å². The van der Waals surface area contributed by atoms with E-state index >= 15 is 0 Å². The Morgan fingerprint density at radius 2 is 2.11 bits per heavy atom. The largest absolute Gasteiger partial charge is 0.326 e. The van der Waals surface area contributed by atoms with Crippen molar-refractivity contribution in [1.29, 1.82) is 0 Å². The van der Waals surface area contributed by atoms with Gasteiger partial charge in [0.1, 0.15) is 4.90 Å². The molecule has 1 heterocycles. The van der Waals surface area contributed by atoms with Crippen LogP contribution in [0.2, 0.25) is 0 Å². The summed E-state index contributed by atoms with van der Waals surface area (Å²) in [5.74, 6) is 0. The van der Waals surface area contributed by atoms with Gasteiger partial charge in [0.25, 0.3) is 0 Å². The quantitative estimate of drug-likeness (QED) is 0.899. The van der Waals surface area contributed by atoms with Crippen LogP contribution in [0.25, 0.3) is 5.69 Å². The molecular weight excluding hydrogens is 250 g/mol. The fourth-order valence-electron chi connectivity index (χ4n) is 1.83. The van der Waals surface area contributed by atoms with E-state index in [4.69, 9.17) is 5.73 Å². The Bertz CT molecular complexity index is 674. The number of aryl methyl sites for hydroxylation is 1. The van der Waals surface area contributed by atoms with E-state index in [9.17, 15) is 8.42 Å². The van der Waals surface area contributed by atoms with Crippen molar-refractivity contribution in [2.45, 2.75) is 18.4 Å². The molecule has 0 atom stereocenters. The van der Waals surface area contributed by atoms with Crippen LogP contribution in [0.3, 0.4) is 0 Å². The average Bonchev–Trinajstić information content (AvgIpc) is 2.77. The standard InChI is InChI=1S/C12H15N3O2S/c1-9-4-3-5-10(6-13)12(9)15-8-11(7-14-15)18(2,16)17/h3-5,7-8H,6,13H2,1-2H3. The van der Waals surface area contributed by atoms with Gasteiger partial charge in [-0.05, 0) is 18.1 Å². The summed E-state index contributed by atoms with van der Waals surface area (Å²) in [6.07, 6.45) is 4.02. The van der Waals surface area contributed by atoms with E-state index in [1.807, 2.05) is 25.1 Å². The molecule has 18 heavy (non-hydrogen) atoms. The van der Waals surface area contributed by atoms with Crippen molar-refractivity contribution in [3.8, 4) is 5.69 Å². The molecule has 0 bridgehead atoms. The summed E-state index contributed by atoms with van der Waals surface area (Å²) >= 11 is 0. The fourth-order valence-corrected chi connectivity index (χ4v) is 2.36. The SMILES string of the molecule is Cc1cccc(CN)c1-n1cc(S(C)(=O)=O)cn1. The lowest BCUT2D eigenvalue weighted by Gasteiger charge is -2.10. The van der Waals surface area contributed by atoms with Crippen molar-refractivity contribution in [2.24, 2.45) is 5.73 Å². The molecule has 0 saturated heterocycles. The molecule has 0 aliphatic carbocycles. The second-order valence-electron chi connectivity index (χ2n) is 4.18. The van der Waals surface area contributed by atoms with Crippen LogP contribution >= 0.6 is 0 Å².